The summed E-state index contributed by atoms with van der Waals surface area (Å²) in [6.45, 7) is 1.99. The van der Waals surface area contributed by atoms with Gasteiger partial charge >= 0.3 is 0 Å². The Bertz CT molecular complexity index is 271. The van der Waals surface area contributed by atoms with Crippen molar-refractivity contribution in [3.8, 4) is 0 Å². The molecule has 2 nitrogen and oxygen atoms in total. The van der Waals surface area contributed by atoms with Crippen LogP contribution in [0.15, 0.2) is 22.7 Å². The molecule has 0 aliphatic carbocycles. The van der Waals surface area contributed by atoms with Crippen molar-refractivity contribution in [3.63, 3.8) is 0 Å². The minimum absolute atomic E-state index is 0.195. The Labute approximate surface area is 81.1 Å². The summed E-state index contributed by atoms with van der Waals surface area (Å²) in [4.78, 5) is 0. The molecular formula is C9H13BrN2. The first kappa shape index (κ1) is 9.55. The van der Waals surface area contributed by atoms with Crippen LogP contribution in [0.25, 0.3) is 0 Å². The molecule has 1 rings (SSSR count). The van der Waals surface area contributed by atoms with Gasteiger partial charge in [-0.15, -0.1) is 0 Å². The normalized spacial score (nSPS) is 12.9. The van der Waals surface area contributed by atoms with Gasteiger partial charge in [0.05, 0.1) is 0 Å². The number of nitrogen functional groups attached to an aromatic ring is 1. The number of benzene rings is 1. The average molecular weight is 229 g/mol. The zero-order chi connectivity index (χ0) is 9.14. The fourth-order valence-corrected chi connectivity index (χ4v) is 1.50. The molecule has 0 saturated heterocycles. The molecule has 1 aromatic carbocycles. The first-order valence-corrected chi connectivity index (χ1v) is 4.68. The lowest BCUT2D eigenvalue weighted by molar-refractivity contribution is 0.738. The maximum absolute atomic E-state index is 5.67. The summed E-state index contributed by atoms with van der Waals surface area (Å²) in [7, 11) is 0. The molecule has 4 N–H and O–H groups in total. The lowest BCUT2D eigenvalue weighted by atomic mass is 10.1. The van der Waals surface area contributed by atoms with Crippen LogP contribution in [-0.4, -0.2) is 6.04 Å². The zero-order valence-electron chi connectivity index (χ0n) is 7.05. The molecule has 12 heavy (non-hydrogen) atoms. The molecule has 0 radical (unpaired) electrons. The van der Waals surface area contributed by atoms with E-state index in [1.54, 1.807) is 0 Å². The van der Waals surface area contributed by atoms with Crippen LogP contribution in [0, 0.1) is 0 Å². The molecule has 66 valence electrons. The maximum atomic E-state index is 5.67. The highest BCUT2D eigenvalue weighted by Gasteiger charge is 2.00. The fourth-order valence-electron chi connectivity index (χ4n) is 1.07. The van der Waals surface area contributed by atoms with Crippen LogP contribution in [-0.2, 0) is 6.42 Å². The first-order valence-electron chi connectivity index (χ1n) is 3.89. The van der Waals surface area contributed by atoms with Crippen molar-refractivity contribution in [2.24, 2.45) is 5.73 Å². The van der Waals surface area contributed by atoms with Gasteiger partial charge in [-0.1, -0.05) is 6.07 Å². The molecule has 0 spiro atoms. The molecule has 0 aromatic heterocycles. The van der Waals surface area contributed by atoms with E-state index in [-0.39, 0.29) is 6.04 Å². The summed E-state index contributed by atoms with van der Waals surface area (Å²) in [6.07, 6.45) is 0.888. The van der Waals surface area contributed by atoms with Crippen LogP contribution in [0.5, 0.6) is 0 Å². The Kier molecular flexibility index (Phi) is 3.12. The highest BCUT2D eigenvalue weighted by molar-refractivity contribution is 9.10. The number of nitrogens with two attached hydrogens (primary N) is 2. The molecular weight excluding hydrogens is 216 g/mol. The van der Waals surface area contributed by atoms with Gasteiger partial charge < -0.3 is 11.5 Å². The van der Waals surface area contributed by atoms with E-state index in [2.05, 4.69) is 15.9 Å². The van der Waals surface area contributed by atoms with E-state index in [4.69, 9.17) is 11.5 Å². The number of rotatable bonds is 2. The zero-order valence-corrected chi connectivity index (χ0v) is 8.64. The monoisotopic (exact) mass is 228 g/mol. The molecule has 0 heterocycles. The number of hydrogen-bond acceptors (Lipinski definition) is 2. The molecule has 3 heteroatoms. The van der Waals surface area contributed by atoms with Crippen LogP contribution in [0.3, 0.4) is 0 Å². The van der Waals surface area contributed by atoms with Crippen molar-refractivity contribution in [2.75, 3.05) is 5.73 Å². The van der Waals surface area contributed by atoms with Gasteiger partial charge in [0.15, 0.2) is 0 Å². The second-order valence-corrected chi connectivity index (χ2v) is 3.89. The molecule has 0 bridgehead atoms. The SMILES string of the molecule is C[C@@H](N)Cc1ccc(N)c(Br)c1. The smallest absolute Gasteiger partial charge is 0.0458 e. The maximum Gasteiger partial charge on any atom is 0.0458 e. The first-order chi connectivity index (χ1) is 5.59. The lowest BCUT2D eigenvalue weighted by Crippen LogP contribution is -2.17. The third-order valence-corrected chi connectivity index (χ3v) is 2.31. The molecule has 0 saturated carbocycles. The second kappa shape index (κ2) is 3.92. The second-order valence-electron chi connectivity index (χ2n) is 3.04. The van der Waals surface area contributed by atoms with Gasteiger partial charge in [-0.2, -0.15) is 0 Å². The van der Waals surface area contributed by atoms with E-state index in [1.165, 1.54) is 5.56 Å². The Morgan fingerprint density at radius 2 is 2.17 bits per heavy atom. The van der Waals surface area contributed by atoms with Crippen molar-refractivity contribution < 1.29 is 0 Å². The van der Waals surface area contributed by atoms with Crippen LogP contribution in [0.2, 0.25) is 0 Å². The van der Waals surface area contributed by atoms with Crippen LogP contribution in [0.1, 0.15) is 12.5 Å². The molecule has 0 aliphatic rings. The van der Waals surface area contributed by atoms with Crippen molar-refractivity contribution >= 4 is 21.6 Å². The van der Waals surface area contributed by atoms with Crippen LogP contribution in [0.4, 0.5) is 5.69 Å². The molecule has 0 amide bonds. The van der Waals surface area contributed by atoms with Crippen LogP contribution < -0.4 is 11.5 Å². The highest BCUT2D eigenvalue weighted by atomic mass is 79.9. The third kappa shape index (κ3) is 2.50. The summed E-state index contributed by atoms with van der Waals surface area (Å²) in [5.41, 5.74) is 13.3. The summed E-state index contributed by atoms with van der Waals surface area (Å²) in [5, 5.41) is 0. The van der Waals surface area contributed by atoms with E-state index in [0.717, 1.165) is 16.6 Å². The van der Waals surface area contributed by atoms with Gasteiger partial charge in [-0.05, 0) is 47.0 Å². The largest absolute Gasteiger partial charge is 0.398 e. The molecule has 0 unspecified atom stereocenters. The topological polar surface area (TPSA) is 52.0 Å². The van der Waals surface area contributed by atoms with Crippen molar-refractivity contribution in [2.45, 2.75) is 19.4 Å². The van der Waals surface area contributed by atoms with E-state index in [0.29, 0.717) is 0 Å². The lowest BCUT2D eigenvalue weighted by Gasteiger charge is -2.06. The molecule has 0 aliphatic heterocycles. The van der Waals surface area contributed by atoms with Gasteiger partial charge in [-0.25, -0.2) is 0 Å². The quantitative estimate of drug-likeness (QED) is 0.761. The molecule has 1 aromatic rings. The standard InChI is InChI=1S/C9H13BrN2/c1-6(11)4-7-2-3-9(12)8(10)5-7/h2-3,5-6H,4,11-12H2,1H3/t6-/m1/s1. The third-order valence-electron chi connectivity index (χ3n) is 1.62. The Balaban J connectivity index is 2.82. The van der Waals surface area contributed by atoms with E-state index >= 15 is 0 Å². The Morgan fingerprint density at radius 1 is 1.50 bits per heavy atom. The van der Waals surface area contributed by atoms with E-state index in [9.17, 15) is 0 Å². The molecule has 0 fully saturated rings. The van der Waals surface area contributed by atoms with Gasteiger partial charge in [0.25, 0.3) is 0 Å². The van der Waals surface area contributed by atoms with E-state index in [1.807, 2.05) is 25.1 Å². The number of halogens is 1. The van der Waals surface area contributed by atoms with Gasteiger partial charge in [-0.3, -0.25) is 0 Å². The Morgan fingerprint density at radius 3 is 2.67 bits per heavy atom. The van der Waals surface area contributed by atoms with Gasteiger partial charge in [0.2, 0.25) is 0 Å². The highest BCUT2D eigenvalue weighted by Crippen LogP contribution is 2.20. The summed E-state index contributed by atoms with van der Waals surface area (Å²) in [6, 6.07) is 6.10. The minimum Gasteiger partial charge on any atom is -0.398 e. The van der Waals surface area contributed by atoms with Crippen molar-refractivity contribution in [1.82, 2.24) is 0 Å². The molecule has 1 atom stereocenters. The Hall–Kier alpha value is -0.540. The predicted molar refractivity (Wildman–Crippen MR) is 55.9 cm³/mol. The van der Waals surface area contributed by atoms with Gasteiger partial charge in [0, 0.05) is 16.2 Å². The van der Waals surface area contributed by atoms with Crippen molar-refractivity contribution in [3.05, 3.63) is 28.2 Å². The summed E-state index contributed by atoms with van der Waals surface area (Å²) < 4.78 is 0.945. The summed E-state index contributed by atoms with van der Waals surface area (Å²) in [5.74, 6) is 0. The van der Waals surface area contributed by atoms with Gasteiger partial charge in [0.1, 0.15) is 0 Å². The summed E-state index contributed by atoms with van der Waals surface area (Å²) >= 11 is 3.37. The van der Waals surface area contributed by atoms with E-state index < -0.39 is 0 Å². The minimum atomic E-state index is 0.195. The van der Waals surface area contributed by atoms with Crippen LogP contribution >= 0.6 is 15.9 Å². The predicted octanol–water partition coefficient (Wildman–Crippen LogP) is 1.92. The number of hydrogen-bond donors (Lipinski definition) is 2. The number of anilines is 1. The fraction of sp³-hybridized carbons (Fsp3) is 0.333. The van der Waals surface area contributed by atoms with Crippen molar-refractivity contribution in [1.29, 1.82) is 0 Å². The average Bonchev–Trinajstić information content (AvgIpc) is 1.96.